The molecule has 0 saturated carbocycles. The molecule has 22 heavy (non-hydrogen) atoms. The van der Waals surface area contributed by atoms with Crippen molar-refractivity contribution in [3.8, 4) is 11.1 Å². The Morgan fingerprint density at radius 2 is 1.64 bits per heavy atom. The predicted molar refractivity (Wildman–Crippen MR) is 88.3 cm³/mol. The first-order valence-electron chi connectivity index (χ1n) is 7.02. The largest absolute Gasteiger partial charge is 0.481 e. The van der Waals surface area contributed by atoms with E-state index >= 15 is 0 Å². The van der Waals surface area contributed by atoms with E-state index in [-0.39, 0.29) is 5.92 Å². The Morgan fingerprint density at radius 1 is 1.05 bits per heavy atom. The second-order valence-corrected chi connectivity index (χ2v) is 6.46. The fourth-order valence-corrected chi connectivity index (χ4v) is 3.16. The van der Waals surface area contributed by atoms with Gasteiger partial charge in [0.05, 0.1) is 5.92 Å². The van der Waals surface area contributed by atoms with Crippen molar-refractivity contribution < 1.29 is 9.90 Å². The first-order chi connectivity index (χ1) is 10.5. The minimum atomic E-state index is -0.704. The molecule has 114 valence electrons. The number of hydrogen-bond acceptors (Lipinski definition) is 2. The van der Waals surface area contributed by atoms with Crippen LogP contribution in [0.1, 0.15) is 5.56 Å². The monoisotopic (exact) mass is 335 g/mol. The molecule has 2 aromatic carbocycles. The number of carbonyl (C=O) groups is 1. The van der Waals surface area contributed by atoms with E-state index in [1.54, 1.807) is 6.07 Å². The molecule has 1 fully saturated rings. The molecule has 1 aliphatic heterocycles. The van der Waals surface area contributed by atoms with Crippen molar-refractivity contribution in [2.75, 3.05) is 13.1 Å². The van der Waals surface area contributed by atoms with Crippen molar-refractivity contribution in [1.29, 1.82) is 0 Å². The van der Waals surface area contributed by atoms with E-state index in [4.69, 9.17) is 28.3 Å². The number of aliphatic carboxylic acids is 1. The van der Waals surface area contributed by atoms with Crippen molar-refractivity contribution in [2.45, 2.75) is 6.54 Å². The number of benzene rings is 2. The van der Waals surface area contributed by atoms with Gasteiger partial charge in [-0.15, -0.1) is 0 Å². The van der Waals surface area contributed by atoms with Crippen LogP contribution in [0, 0.1) is 5.92 Å². The van der Waals surface area contributed by atoms with Gasteiger partial charge in [0.1, 0.15) is 0 Å². The van der Waals surface area contributed by atoms with E-state index in [1.165, 1.54) is 5.56 Å². The summed E-state index contributed by atoms with van der Waals surface area (Å²) in [4.78, 5) is 12.9. The van der Waals surface area contributed by atoms with Crippen molar-refractivity contribution in [2.24, 2.45) is 5.92 Å². The Balaban J connectivity index is 1.67. The van der Waals surface area contributed by atoms with Gasteiger partial charge in [0.15, 0.2) is 0 Å². The van der Waals surface area contributed by atoms with Crippen molar-refractivity contribution >= 4 is 29.2 Å². The molecule has 0 amide bonds. The van der Waals surface area contributed by atoms with Gasteiger partial charge in [0.25, 0.3) is 0 Å². The molecule has 1 N–H and O–H groups in total. The Labute approximate surface area is 139 Å². The molecule has 0 spiro atoms. The minimum Gasteiger partial charge on any atom is -0.481 e. The molecule has 5 heteroatoms. The number of hydrogen-bond donors (Lipinski definition) is 1. The second kappa shape index (κ2) is 6.29. The third-order valence-corrected chi connectivity index (χ3v) is 4.30. The van der Waals surface area contributed by atoms with Gasteiger partial charge in [0, 0.05) is 29.7 Å². The van der Waals surface area contributed by atoms with Gasteiger partial charge in [-0.1, -0.05) is 47.5 Å². The molecule has 2 aromatic rings. The third kappa shape index (κ3) is 3.43. The maximum atomic E-state index is 10.8. The number of carboxylic acid groups (broad SMARTS) is 1. The molecule has 0 atom stereocenters. The molecule has 3 nitrogen and oxygen atoms in total. The van der Waals surface area contributed by atoms with Crippen LogP contribution in [0.3, 0.4) is 0 Å². The summed E-state index contributed by atoms with van der Waals surface area (Å²) in [6.07, 6.45) is 0. The van der Waals surface area contributed by atoms with Crippen LogP contribution >= 0.6 is 23.2 Å². The van der Waals surface area contributed by atoms with Crippen LogP contribution in [0.15, 0.2) is 42.5 Å². The molecular formula is C17H15Cl2NO2. The predicted octanol–water partition coefficient (Wildman–Crippen LogP) is 4.18. The lowest BCUT2D eigenvalue weighted by Gasteiger charge is -2.36. The van der Waals surface area contributed by atoms with E-state index in [1.807, 2.05) is 24.3 Å². The number of likely N-dealkylation sites (tertiary alicyclic amines) is 1. The van der Waals surface area contributed by atoms with Gasteiger partial charge >= 0.3 is 5.97 Å². The zero-order chi connectivity index (χ0) is 15.7. The lowest BCUT2D eigenvalue weighted by atomic mass is 9.99. The highest BCUT2D eigenvalue weighted by Crippen LogP contribution is 2.28. The zero-order valence-corrected chi connectivity index (χ0v) is 13.3. The summed E-state index contributed by atoms with van der Waals surface area (Å²) in [5.41, 5.74) is 3.21. The second-order valence-electron chi connectivity index (χ2n) is 5.58. The van der Waals surface area contributed by atoms with Crippen LogP contribution in [0.25, 0.3) is 11.1 Å². The van der Waals surface area contributed by atoms with E-state index in [0.29, 0.717) is 23.1 Å². The van der Waals surface area contributed by atoms with Gasteiger partial charge in [-0.3, -0.25) is 9.69 Å². The molecule has 3 rings (SSSR count). The number of carboxylic acids is 1. The Bertz CT molecular complexity index is 674. The summed E-state index contributed by atoms with van der Waals surface area (Å²) < 4.78 is 0. The smallest absolute Gasteiger partial charge is 0.309 e. The highest BCUT2D eigenvalue weighted by atomic mass is 35.5. The molecule has 0 aliphatic carbocycles. The van der Waals surface area contributed by atoms with Gasteiger partial charge in [-0.25, -0.2) is 0 Å². The standard InChI is InChI=1S/C17H15Cl2NO2/c18-15-5-13(6-16(19)7-15)12-3-1-11(2-4-12)8-20-9-14(10-20)17(21)22/h1-7,14H,8-10H2,(H,21,22). The summed E-state index contributed by atoms with van der Waals surface area (Å²) in [7, 11) is 0. The van der Waals surface area contributed by atoms with E-state index in [2.05, 4.69) is 17.0 Å². The van der Waals surface area contributed by atoms with E-state index in [0.717, 1.165) is 17.7 Å². The topological polar surface area (TPSA) is 40.5 Å². The lowest BCUT2D eigenvalue weighted by Crippen LogP contribution is -2.49. The van der Waals surface area contributed by atoms with Gasteiger partial charge in [0.2, 0.25) is 0 Å². The number of halogens is 2. The maximum absolute atomic E-state index is 10.8. The number of rotatable bonds is 4. The molecule has 1 heterocycles. The lowest BCUT2D eigenvalue weighted by molar-refractivity contribution is -0.147. The first kappa shape index (κ1) is 15.3. The highest BCUT2D eigenvalue weighted by molar-refractivity contribution is 6.35. The highest BCUT2D eigenvalue weighted by Gasteiger charge is 2.31. The van der Waals surface area contributed by atoms with Crippen LogP contribution in [0.5, 0.6) is 0 Å². The summed E-state index contributed by atoms with van der Waals surface area (Å²) in [5, 5.41) is 10.1. The normalized spacial score (nSPS) is 15.5. The van der Waals surface area contributed by atoms with Gasteiger partial charge < -0.3 is 5.11 Å². The summed E-state index contributed by atoms with van der Waals surface area (Å²) in [5.74, 6) is -0.919. The molecule has 1 saturated heterocycles. The van der Waals surface area contributed by atoms with Crippen LogP contribution in [-0.4, -0.2) is 29.1 Å². The third-order valence-electron chi connectivity index (χ3n) is 3.86. The van der Waals surface area contributed by atoms with Crippen LogP contribution in [0.2, 0.25) is 10.0 Å². The Morgan fingerprint density at radius 3 is 2.18 bits per heavy atom. The Kier molecular flexibility index (Phi) is 4.39. The molecule has 0 radical (unpaired) electrons. The summed E-state index contributed by atoms with van der Waals surface area (Å²) in [6, 6.07) is 13.7. The van der Waals surface area contributed by atoms with Gasteiger partial charge in [-0.2, -0.15) is 0 Å². The molecule has 0 bridgehead atoms. The molecule has 1 aliphatic rings. The Hall–Kier alpha value is -1.55. The zero-order valence-electron chi connectivity index (χ0n) is 11.8. The average molecular weight is 336 g/mol. The summed E-state index contributed by atoms with van der Waals surface area (Å²) in [6.45, 7) is 2.03. The maximum Gasteiger partial charge on any atom is 0.309 e. The molecule has 0 unspecified atom stereocenters. The van der Waals surface area contributed by atoms with Crippen molar-refractivity contribution in [3.63, 3.8) is 0 Å². The van der Waals surface area contributed by atoms with Crippen LogP contribution in [-0.2, 0) is 11.3 Å². The fourth-order valence-electron chi connectivity index (χ4n) is 2.64. The SMILES string of the molecule is O=C(O)C1CN(Cc2ccc(-c3cc(Cl)cc(Cl)c3)cc2)C1. The first-order valence-corrected chi connectivity index (χ1v) is 7.77. The van der Waals surface area contributed by atoms with E-state index < -0.39 is 5.97 Å². The van der Waals surface area contributed by atoms with Crippen LogP contribution in [0.4, 0.5) is 0 Å². The molecular weight excluding hydrogens is 321 g/mol. The minimum absolute atomic E-state index is 0.215. The average Bonchev–Trinajstić information content (AvgIpc) is 2.41. The van der Waals surface area contributed by atoms with Crippen molar-refractivity contribution in [3.05, 3.63) is 58.1 Å². The molecule has 0 aromatic heterocycles. The fraction of sp³-hybridized carbons (Fsp3) is 0.235. The summed E-state index contributed by atoms with van der Waals surface area (Å²) >= 11 is 12.1. The quantitative estimate of drug-likeness (QED) is 0.911. The van der Waals surface area contributed by atoms with E-state index in [9.17, 15) is 4.79 Å². The number of nitrogens with zero attached hydrogens (tertiary/aromatic N) is 1. The van der Waals surface area contributed by atoms with Gasteiger partial charge in [-0.05, 0) is 34.9 Å². The van der Waals surface area contributed by atoms with Crippen molar-refractivity contribution in [1.82, 2.24) is 4.90 Å². The van der Waals surface area contributed by atoms with Crippen LogP contribution < -0.4 is 0 Å².